The molecule has 38 heavy (non-hydrogen) atoms. The molecule has 0 fully saturated rings. The van der Waals surface area contributed by atoms with Gasteiger partial charge in [-0.25, -0.2) is 4.68 Å². The molecule has 3 aromatic rings. The van der Waals surface area contributed by atoms with Crippen LogP contribution in [0.5, 0.6) is 0 Å². The number of rotatable bonds is 6. The van der Waals surface area contributed by atoms with Gasteiger partial charge in [0, 0.05) is 12.4 Å². The topological polar surface area (TPSA) is 82.8 Å². The van der Waals surface area contributed by atoms with Crippen LogP contribution < -0.4 is 0 Å². The lowest BCUT2D eigenvalue weighted by molar-refractivity contribution is -0.143. The first-order valence-electron chi connectivity index (χ1n) is 11.1. The Labute approximate surface area is 215 Å². The summed E-state index contributed by atoms with van der Waals surface area (Å²) in [4.78, 5) is 21.0. The molecule has 0 radical (unpaired) electrons. The van der Waals surface area contributed by atoms with Crippen molar-refractivity contribution in [2.45, 2.75) is 58.0 Å². The van der Waals surface area contributed by atoms with Crippen molar-refractivity contribution in [2.24, 2.45) is 0 Å². The molecule has 14 heteroatoms. The molecule has 2 heterocycles. The second-order valence-corrected chi connectivity index (χ2v) is 14.2. The van der Waals surface area contributed by atoms with Crippen molar-refractivity contribution in [1.82, 2.24) is 25.0 Å². The Balaban J connectivity index is 2.09. The molecule has 2 aromatic heterocycles. The zero-order chi connectivity index (χ0) is 28.5. The third kappa shape index (κ3) is 7.48. The van der Waals surface area contributed by atoms with Crippen LogP contribution in [0.3, 0.4) is 0 Å². The number of alkyl halides is 6. The zero-order valence-electron chi connectivity index (χ0n) is 21.0. The van der Waals surface area contributed by atoms with Crippen LogP contribution in [-0.4, -0.2) is 44.7 Å². The number of ketones is 1. The number of Topliss-reactive ketones (excluding diaryl/α,β-unsaturated/α-hetero) is 1. The van der Waals surface area contributed by atoms with E-state index in [0.717, 1.165) is 4.68 Å². The zero-order valence-corrected chi connectivity index (χ0v) is 22.0. The van der Waals surface area contributed by atoms with Crippen LogP contribution in [0.1, 0.15) is 41.0 Å². The summed E-state index contributed by atoms with van der Waals surface area (Å²) in [6, 6.07) is 1.19. The van der Waals surface area contributed by atoms with Crippen molar-refractivity contribution in [3.8, 4) is 23.2 Å². The number of carbonyl (C=O) groups excluding carboxylic acids is 1. The van der Waals surface area contributed by atoms with E-state index in [0.29, 0.717) is 12.1 Å². The van der Waals surface area contributed by atoms with E-state index in [9.17, 15) is 31.1 Å². The van der Waals surface area contributed by atoms with Gasteiger partial charge in [-0.2, -0.15) is 26.3 Å². The monoisotopic (exact) mass is 555 g/mol. The Morgan fingerprint density at radius 3 is 2.11 bits per heavy atom. The van der Waals surface area contributed by atoms with Gasteiger partial charge in [0.1, 0.15) is 17.0 Å². The summed E-state index contributed by atoms with van der Waals surface area (Å²) in [6.45, 7) is 8.67. The molecular weight excluding hydrogens is 532 g/mol. The largest absolute Gasteiger partial charge is 0.416 e. The SMILES string of the molecule is CC(C)(C#CC(=O)c1nnn(Cc2cc(C(F)(F)F)cc(C(F)(F)F)c2)c1-c1cnccn1)O[Si](C)(C)C. The van der Waals surface area contributed by atoms with E-state index >= 15 is 0 Å². The maximum absolute atomic E-state index is 13.3. The van der Waals surface area contributed by atoms with Gasteiger partial charge in [0.05, 0.1) is 23.9 Å². The molecule has 202 valence electrons. The van der Waals surface area contributed by atoms with Gasteiger partial charge in [0.2, 0.25) is 0 Å². The van der Waals surface area contributed by atoms with Crippen LogP contribution in [0.2, 0.25) is 19.6 Å². The molecule has 1 aromatic carbocycles. The van der Waals surface area contributed by atoms with Crippen LogP contribution in [0.4, 0.5) is 26.3 Å². The summed E-state index contributed by atoms with van der Waals surface area (Å²) in [5, 5.41) is 7.64. The van der Waals surface area contributed by atoms with Crippen molar-refractivity contribution in [1.29, 1.82) is 0 Å². The molecule has 0 amide bonds. The van der Waals surface area contributed by atoms with Crippen molar-refractivity contribution in [2.75, 3.05) is 0 Å². The highest BCUT2D eigenvalue weighted by molar-refractivity contribution is 6.69. The van der Waals surface area contributed by atoms with E-state index in [2.05, 4.69) is 32.1 Å². The van der Waals surface area contributed by atoms with Crippen molar-refractivity contribution < 1.29 is 35.6 Å². The summed E-state index contributed by atoms with van der Waals surface area (Å²) >= 11 is 0. The van der Waals surface area contributed by atoms with Gasteiger partial charge >= 0.3 is 12.4 Å². The number of halogens is 6. The second kappa shape index (κ2) is 10.3. The molecule has 7 nitrogen and oxygen atoms in total. The quantitative estimate of drug-likeness (QED) is 0.129. The number of carbonyl (C=O) groups is 1. The third-order valence-corrected chi connectivity index (χ3v) is 5.90. The van der Waals surface area contributed by atoms with Crippen molar-refractivity contribution in [3.05, 3.63) is 59.2 Å². The number of aromatic nitrogens is 5. The first kappa shape index (κ1) is 29.0. The fraction of sp³-hybridized carbons (Fsp3) is 0.375. The van der Waals surface area contributed by atoms with E-state index in [1.165, 1.54) is 18.6 Å². The summed E-state index contributed by atoms with van der Waals surface area (Å²) in [5.74, 6) is 4.42. The third-order valence-electron chi connectivity index (χ3n) is 4.77. The van der Waals surface area contributed by atoms with E-state index < -0.39 is 49.7 Å². The van der Waals surface area contributed by atoms with Crippen molar-refractivity contribution >= 4 is 14.1 Å². The van der Waals surface area contributed by atoms with Crippen LogP contribution in [0.15, 0.2) is 36.8 Å². The lowest BCUT2D eigenvalue weighted by Gasteiger charge is -2.28. The first-order chi connectivity index (χ1) is 17.4. The minimum absolute atomic E-state index is 0.0310. The summed E-state index contributed by atoms with van der Waals surface area (Å²) in [5.41, 5.74) is -4.56. The molecule has 0 N–H and O–H groups in total. The molecule has 0 saturated heterocycles. The molecule has 0 spiro atoms. The highest BCUT2D eigenvalue weighted by Crippen LogP contribution is 2.36. The van der Waals surface area contributed by atoms with Crippen LogP contribution >= 0.6 is 0 Å². The molecule has 0 atom stereocenters. The first-order valence-corrected chi connectivity index (χ1v) is 14.5. The summed E-state index contributed by atoms with van der Waals surface area (Å²) < 4.78 is 86.9. The Kier molecular flexibility index (Phi) is 7.85. The number of benzene rings is 1. The Hall–Kier alpha value is -3.57. The highest BCUT2D eigenvalue weighted by Gasteiger charge is 2.37. The standard InChI is InChI=1S/C24H23F6N5O2Si/c1-22(2,37-38(3,4)5)7-6-19(36)20-21(18-13-31-8-9-32-18)35(34-33-20)14-15-10-16(23(25,26)27)12-17(11-15)24(28,29)30/h8-13H,14H2,1-5H3. The molecule has 0 unspecified atom stereocenters. The van der Waals surface area contributed by atoms with Crippen LogP contribution in [0, 0.1) is 11.8 Å². The molecular formula is C24H23F6N5O2Si. The van der Waals surface area contributed by atoms with Crippen LogP contribution in [0.25, 0.3) is 11.4 Å². The molecule has 0 aliphatic rings. The van der Waals surface area contributed by atoms with E-state index in [1.54, 1.807) is 13.8 Å². The van der Waals surface area contributed by atoms with Gasteiger partial charge in [0.15, 0.2) is 14.0 Å². The maximum atomic E-state index is 13.3. The average Bonchev–Trinajstić information content (AvgIpc) is 3.18. The van der Waals surface area contributed by atoms with Crippen molar-refractivity contribution in [3.63, 3.8) is 0 Å². The number of hydrogen-bond donors (Lipinski definition) is 0. The minimum atomic E-state index is -5.02. The molecule has 3 rings (SSSR count). The molecule has 0 aliphatic carbocycles. The van der Waals surface area contributed by atoms with Gasteiger partial charge < -0.3 is 4.43 Å². The Morgan fingerprint density at radius 1 is 1.00 bits per heavy atom. The number of nitrogens with zero attached hydrogens (tertiary/aromatic N) is 5. The fourth-order valence-corrected chi connectivity index (χ4v) is 5.17. The lowest BCUT2D eigenvalue weighted by Crippen LogP contribution is -2.37. The highest BCUT2D eigenvalue weighted by atomic mass is 28.4. The Bertz CT molecular complexity index is 1350. The Morgan fingerprint density at radius 2 is 1.61 bits per heavy atom. The molecule has 0 aliphatic heterocycles. The molecule has 0 bridgehead atoms. The van der Waals surface area contributed by atoms with Gasteiger partial charge in [-0.3, -0.25) is 14.8 Å². The van der Waals surface area contributed by atoms with E-state index in [1.807, 2.05) is 19.6 Å². The molecule has 0 saturated carbocycles. The lowest BCUT2D eigenvalue weighted by atomic mass is 10.0. The predicted octanol–water partition coefficient (Wildman–Crippen LogP) is 5.64. The fourth-order valence-electron chi connectivity index (χ4n) is 3.59. The van der Waals surface area contributed by atoms with E-state index in [-0.39, 0.29) is 28.7 Å². The predicted molar refractivity (Wildman–Crippen MR) is 127 cm³/mol. The van der Waals surface area contributed by atoms with Crippen LogP contribution in [-0.2, 0) is 23.3 Å². The van der Waals surface area contributed by atoms with Gasteiger partial charge in [-0.05, 0) is 63.2 Å². The van der Waals surface area contributed by atoms with Gasteiger partial charge in [0.25, 0.3) is 5.78 Å². The van der Waals surface area contributed by atoms with E-state index in [4.69, 9.17) is 4.43 Å². The maximum Gasteiger partial charge on any atom is 0.416 e. The van der Waals surface area contributed by atoms with Gasteiger partial charge in [-0.15, -0.1) is 5.10 Å². The summed E-state index contributed by atoms with van der Waals surface area (Å²) in [6.07, 6.45) is -6.15. The normalized spacial score (nSPS) is 12.7. The minimum Gasteiger partial charge on any atom is -0.402 e. The second-order valence-electron chi connectivity index (χ2n) is 9.75. The number of hydrogen-bond acceptors (Lipinski definition) is 6. The average molecular weight is 556 g/mol. The van der Waals surface area contributed by atoms with Gasteiger partial charge in [-0.1, -0.05) is 11.1 Å². The summed E-state index contributed by atoms with van der Waals surface area (Å²) in [7, 11) is -2.01. The smallest absolute Gasteiger partial charge is 0.402 e.